The number of carbonyl (C=O) groups excluding carboxylic acids is 2. The normalized spacial score (nSPS) is 12.2. The van der Waals surface area contributed by atoms with Crippen LogP contribution in [-0.2, 0) is 26.2 Å². The standard InChI is InChI=1S/C24H32FN3O4S/c1-5-26-24(30)19(3)27(17-20-14-12-18(2)13-15-20)23(29)11-8-16-28(33(4,31)32)22-10-7-6-9-21(22)25/h6-7,9-10,12-15,19H,5,8,11,16-17H2,1-4H3,(H,26,30). The van der Waals surface area contributed by atoms with Gasteiger partial charge in [-0.2, -0.15) is 0 Å². The van der Waals surface area contributed by atoms with Gasteiger partial charge in [0, 0.05) is 26.1 Å². The SMILES string of the molecule is CCNC(=O)C(C)N(Cc1ccc(C)cc1)C(=O)CCCN(c1ccccc1F)S(C)(=O)=O. The van der Waals surface area contributed by atoms with Crippen LogP contribution < -0.4 is 9.62 Å². The van der Waals surface area contributed by atoms with E-state index in [-0.39, 0.29) is 43.4 Å². The van der Waals surface area contributed by atoms with E-state index >= 15 is 0 Å². The van der Waals surface area contributed by atoms with E-state index in [1.807, 2.05) is 31.2 Å². The van der Waals surface area contributed by atoms with Gasteiger partial charge in [0.1, 0.15) is 11.9 Å². The number of anilines is 1. The minimum absolute atomic E-state index is 0.01000. The molecule has 0 saturated carbocycles. The number of sulfonamides is 1. The van der Waals surface area contributed by atoms with Crippen LogP contribution in [0, 0.1) is 12.7 Å². The van der Waals surface area contributed by atoms with E-state index < -0.39 is 21.9 Å². The molecule has 9 heteroatoms. The number of likely N-dealkylation sites (N-methyl/N-ethyl adjacent to an activating group) is 1. The fraction of sp³-hybridized carbons (Fsp3) is 0.417. The lowest BCUT2D eigenvalue weighted by Gasteiger charge is -2.29. The number of amides is 2. The second-order valence-corrected chi connectivity index (χ2v) is 9.87. The van der Waals surface area contributed by atoms with Gasteiger partial charge in [0.15, 0.2) is 0 Å². The highest BCUT2D eigenvalue weighted by molar-refractivity contribution is 7.92. The lowest BCUT2D eigenvalue weighted by atomic mass is 10.1. The van der Waals surface area contributed by atoms with Crippen LogP contribution in [0.3, 0.4) is 0 Å². The second-order valence-electron chi connectivity index (χ2n) is 7.97. The maximum absolute atomic E-state index is 14.2. The third-order valence-corrected chi connectivity index (χ3v) is 6.45. The summed E-state index contributed by atoms with van der Waals surface area (Å²) < 4.78 is 39.6. The number of hydrogen-bond donors (Lipinski definition) is 1. The first-order valence-electron chi connectivity index (χ1n) is 10.9. The lowest BCUT2D eigenvalue weighted by Crippen LogP contribution is -2.47. The summed E-state index contributed by atoms with van der Waals surface area (Å²) in [5.74, 6) is -1.20. The van der Waals surface area contributed by atoms with E-state index in [2.05, 4.69) is 5.32 Å². The second kappa shape index (κ2) is 11.8. The van der Waals surface area contributed by atoms with Crippen molar-refractivity contribution >= 4 is 27.5 Å². The Balaban J connectivity index is 2.15. The third kappa shape index (κ3) is 7.56. The smallest absolute Gasteiger partial charge is 0.242 e. The molecule has 0 bridgehead atoms. The number of halogens is 1. The molecule has 0 spiro atoms. The summed E-state index contributed by atoms with van der Waals surface area (Å²) in [4.78, 5) is 27.0. The van der Waals surface area contributed by atoms with Crippen molar-refractivity contribution in [2.24, 2.45) is 0 Å². The molecule has 0 fully saturated rings. The average molecular weight is 478 g/mol. The predicted octanol–water partition coefficient (Wildman–Crippen LogP) is 3.23. The summed E-state index contributed by atoms with van der Waals surface area (Å²) in [5.41, 5.74) is 1.91. The van der Waals surface area contributed by atoms with Gasteiger partial charge in [-0.3, -0.25) is 13.9 Å². The molecular formula is C24H32FN3O4S. The molecule has 1 unspecified atom stereocenters. The van der Waals surface area contributed by atoms with Gasteiger partial charge < -0.3 is 10.2 Å². The first-order chi connectivity index (χ1) is 15.5. The van der Waals surface area contributed by atoms with Gasteiger partial charge in [-0.15, -0.1) is 0 Å². The Morgan fingerprint density at radius 2 is 1.73 bits per heavy atom. The fourth-order valence-corrected chi connectivity index (χ4v) is 4.40. The van der Waals surface area contributed by atoms with Gasteiger partial charge in [-0.1, -0.05) is 42.0 Å². The Hall–Kier alpha value is -2.94. The molecule has 2 amide bonds. The van der Waals surface area contributed by atoms with Crippen molar-refractivity contribution in [1.29, 1.82) is 0 Å². The number of rotatable bonds is 11. The van der Waals surface area contributed by atoms with Crippen molar-refractivity contribution < 1.29 is 22.4 Å². The van der Waals surface area contributed by atoms with E-state index in [1.165, 1.54) is 23.1 Å². The Morgan fingerprint density at radius 3 is 2.30 bits per heavy atom. The predicted molar refractivity (Wildman–Crippen MR) is 128 cm³/mol. The van der Waals surface area contributed by atoms with Gasteiger partial charge in [0.25, 0.3) is 0 Å². The molecule has 33 heavy (non-hydrogen) atoms. The molecule has 7 nitrogen and oxygen atoms in total. The van der Waals surface area contributed by atoms with Crippen LogP contribution in [0.25, 0.3) is 0 Å². The molecule has 0 radical (unpaired) electrons. The number of nitrogens with one attached hydrogen (secondary N) is 1. The molecule has 0 aromatic heterocycles. The highest BCUT2D eigenvalue weighted by Crippen LogP contribution is 2.22. The van der Waals surface area contributed by atoms with Crippen LogP contribution in [-0.4, -0.2) is 50.5 Å². The van der Waals surface area contributed by atoms with Crippen molar-refractivity contribution in [2.45, 2.75) is 46.2 Å². The number of benzene rings is 2. The molecular weight excluding hydrogens is 445 g/mol. The number of aryl methyl sites for hydroxylation is 1. The maximum Gasteiger partial charge on any atom is 0.242 e. The van der Waals surface area contributed by atoms with Crippen LogP contribution in [0.15, 0.2) is 48.5 Å². The van der Waals surface area contributed by atoms with Crippen LogP contribution in [0.5, 0.6) is 0 Å². The summed E-state index contributed by atoms with van der Waals surface area (Å²) in [6.07, 6.45) is 1.19. The summed E-state index contributed by atoms with van der Waals surface area (Å²) in [6.45, 7) is 6.08. The zero-order valence-electron chi connectivity index (χ0n) is 19.5. The first kappa shape index (κ1) is 26.3. The van der Waals surface area contributed by atoms with E-state index in [9.17, 15) is 22.4 Å². The highest BCUT2D eigenvalue weighted by atomic mass is 32.2. The lowest BCUT2D eigenvalue weighted by molar-refractivity contribution is -0.140. The molecule has 0 aliphatic heterocycles. The van der Waals surface area contributed by atoms with Gasteiger partial charge in [-0.25, -0.2) is 12.8 Å². The molecule has 0 heterocycles. The van der Waals surface area contributed by atoms with Crippen LogP contribution in [0.1, 0.15) is 37.8 Å². The average Bonchev–Trinajstić information content (AvgIpc) is 2.76. The molecule has 2 aromatic rings. The molecule has 1 atom stereocenters. The molecule has 0 aliphatic rings. The van der Waals surface area contributed by atoms with Crippen LogP contribution in [0.4, 0.5) is 10.1 Å². The zero-order chi connectivity index (χ0) is 24.6. The Bertz CT molecular complexity index is 1060. The number of carbonyl (C=O) groups is 2. The summed E-state index contributed by atoms with van der Waals surface area (Å²) in [5, 5.41) is 2.74. The third-order valence-electron chi connectivity index (χ3n) is 5.27. The minimum atomic E-state index is -3.74. The number of hydrogen-bond acceptors (Lipinski definition) is 4. The summed E-state index contributed by atoms with van der Waals surface area (Å²) in [6, 6.07) is 12.6. The Labute approximate surface area is 195 Å². The van der Waals surface area contributed by atoms with Crippen molar-refractivity contribution in [3.05, 3.63) is 65.5 Å². The van der Waals surface area contributed by atoms with E-state index in [0.717, 1.165) is 21.7 Å². The van der Waals surface area contributed by atoms with E-state index in [0.29, 0.717) is 6.54 Å². The summed E-state index contributed by atoms with van der Waals surface area (Å²) >= 11 is 0. The van der Waals surface area contributed by atoms with Crippen molar-refractivity contribution in [2.75, 3.05) is 23.7 Å². The summed E-state index contributed by atoms with van der Waals surface area (Å²) in [7, 11) is -3.74. The Kier molecular flexibility index (Phi) is 9.40. The topological polar surface area (TPSA) is 86.8 Å². The first-order valence-corrected chi connectivity index (χ1v) is 12.7. The largest absolute Gasteiger partial charge is 0.355 e. The zero-order valence-corrected chi connectivity index (χ0v) is 20.4. The van der Waals surface area contributed by atoms with Crippen molar-refractivity contribution in [1.82, 2.24) is 10.2 Å². The quantitative estimate of drug-likeness (QED) is 0.538. The van der Waals surface area contributed by atoms with E-state index in [1.54, 1.807) is 19.9 Å². The van der Waals surface area contributed by atoms with Crippen LogP contribution in [0.2, 0.25) is 0 Å². The molecule has 180 valence electrons. The molecule has 0 aliphatic carbocycles. The molecule has 0 saturated heterocycles. The molecule has 1 N–H and O–H groups in total. The van der Waals surface area contributed by atoms with E-state index in [4.69, 9.17) is 0 Å². The molecule has 2 rings (SSSR count). The monoisotopic (exact) mass is 477 g/mol. The van der Waals surface area contributed by atoms with Gasteiger partial charge in [0.05, 0.1) is 11.9 Å². The number of para-hydroxylation sites is 1. The van der Waals surface area contributed by atoms with Gasteiger partial charge >= 0.3 is 0 Å². The maximum atomic E-state index is 14.2. The van der Waals surface area contributed by atoms with Crippen molar-refractivity contribution in [3.63, 3.8) is 0 Å². The Morgan fingerprint density at radius 1 is 1.09 bits per heavy atom. The van der Waals surface area contributed by atoms with Crippen molar-refractivity contribution in [3.8, 4) is 0 Å². The highest BCUT2D eigenvalue weighted by Gasteiger charge is 2.26. The van der Waals surface area contributed by atoms with Gasteiger partial charge in [0.2, 0.25) is 21.8 Å². The number of nitrogens with zero attached hydrogens (tertiary/aromatic N) is 2. The van der Waals surface area contributed by atoms with Crippen LogP contribution >= 0.6 is 0 Å². The molecule has 2 aromatic carbocycles. The minimum Gasteiger partial charge on any atom is -0.355 e. The fourth-order valence-electron chi connectivity index (χ4n) is 3.43. The van der Waals surface area contributed by atoms with Gasteiger partial charge in [-0.05, 0) is 44.9 Å².